The Kier molecular flexibility index (Phi) is 7.79. The number of aliphatic imine (C=N–C) groups is 1. The van der Waals surface area contributed by atoms with Gasteiger partial charge in [0.05, 0.1) is 43.5 Å². The molecule has 0 fully saturated rings. The van der Waals surface area contributed by atoms with Gasteiger partial charge in [0.25, 0.3) is 5.69 Å². The van der Waals surface area contributed by atoms with Gasteiger partial charge in [-0.25, -0.2) is 9.79 Å². The van der Waals surface area contributed by atoms with E-state index in [1.54, 1.807) is 25.1 Å². The number of nitrogens with zero attached hydrogens (tertiary/aromatic N) is 2. The number of methoxy groups -OCH3 is 3. The highest BCUT2D eigenvalue weighted by Crippen LogP contribution is 2.43. The summed E-state index contributed by atoms with van der Waals surface area (Å²) in [6.45, 7) is 1.75. The molecule has 2 aromatic carbocycles. The van der Waals surface area contributed by atoms with E-state index in [4.69, 9.17) is 18.9 Å². The van der Waals surface area contributed by atoms with E-state index in [9.17, 15) is 20.0 Å². The number of non-ortho nitro benzene ring substituents is 1. The zero-order chi connectivity index (χ0) is 24.8. The molecule has 3 rings (SSSR count). The molecule has 0 saturated heterocycles. The monoisotopic (exact) mass is 486 g/mol. The molecular formula is C23H22N2O8S. The minimum absolute atomic E-state index is 0.0897. The van der Waals surface area contributed by atoms with Gasteiger partial charge in [0.2, 0.25) is 0 Å². The minimum Gasteiger partial charge on any atom is -0.506 e. The van der Waals surface area contributed by atoms with Gasteiger partial charge >= 0.3 is 5.97 Å². The van der Waals surface area contributed by atoms with Crippen molar-refractivity contribution in [1.29, 1.82) is 0 Å². The number of nitro benzene ring substituents is 1. The SMILES string of the molecule is CCOC(=O)C1=C(O)C(=Cc2cc(OC)c(OC)cc2OC)SC1=Nc1ccc([N+](=O)[O-])cc1. The van der Waals surface area contributed by atoms with Crippen LogP contribution >= 0.6 is 11.8 Å². The maximum atomic E-state index is 12.6. The van der Waals surface area contributed by atoms with Crippen molar-refractivity contribution in [2.45, 2.75) is 6.92 Å². The summed E-state index contributed by atoms with van der Waals surface area (Å²) < 4.78 is 21.2. The third kappa shape index (κ3) is 5.15. The summed E-state index contributed by atoms with van der Waals surface area (Å²) in [4.78, 5) is 27.7. The molecule has 0 saturated carbocycles. The number of aliphatic hydroxyl groups is 1. The van der Waals surface area contributed by atoms with Gasteiger partial charge in [-0.3, -0.25) is 10.1 Å². The van der Waals surface area contributed by atoms with E-state index in [2.05, 4.69) is 4.99 Å². The number of ether oxygens (including phenoxy) is 4. The number of rotatable bonds is 8. The third-order valence-electron chi connectivity index (χ3n) is 4.68. The van der Waals surface area contributed by atoms with Crippen LogP contribution in [0.25, 0.3) is 6.08 Å². The van der Waals surface area contributed by atoms with Crippen LogP contribution in [0.1, 0.15) is 12.5 Å². The second-order valence-electron chi connectivity index (χ2n) is 6.69. The first-order valence-corrected chi connectivity index (χ1v) is 10.8. The highest BCUT2D eigenvalue weighted by atomic mass is 32.2. The van der Waals surface area contributed by atoms with Crippen LogP contribution in [0, 0.1) is 10.1 Å². The van der Waals surface area contributed by atoms with Crippen molar-refractivity contribution >= 4 is 40.2 Å². The van der Waals surface area contributed by atoms with Gasteiger partial charge in [0, 0.05) is 23.8 Å². The zero-order valence-electron chi connectivity index (χ0n) is 18.9. The second kappa shape index (κ2) is 10.8. The van der Waals surface area contributed by atoms with E-state index in [1.807, 2.05) is 0 Å². The highest BCUT2D eigenvalue weighted by Gasteiger charge is 2.33. The number of esters is 1. The van der Waals surface area contributed by atoms with Gasteiger partial charge < -0.3 is 24.1 Å². The van der Waals surface area contributed by atoms with Crippen LogP contribution in [-0.4, -0.2) is 49.0 Å². The lowest BCUT2D eigenvalue weighted by Gasteiger charge is -2.12. The summed E-state index contributed by atoms with van der Waals surface area (Å²) in [5, 5.41) is 22.0. The molecule has 1 aliphatic rings. The van der Waals surface area contributed by atoms with E-state index in [0.717, 1.165) is 11.8 Å². The van der Waals surface area contributed by atoms with Gasteiger partial charge in [0.15, 0.2) is 11.5 Å². The van der Waals surface area contributed by atoms with Crippen molar-refractivity contribution < 1.29 is 33.8 Å². The largest absolute Gasteiger partial charge is 0.506 e. The lowest BCUT2D eigenvalue weighted by atomic mass is 10.1. The fourth-order valence-electron chi connectivity index (χ4n) is 3.06. The molecule has 10 nitrogen and oxygen atoms in total. The Morgan fingerprint density at radius 3 is 2.26 bits per heavy atom. The van der Waals surface area contributed by atoms with Gasteiger partial charge in [-0.05, 0) is 31.2 Å². The number of nitro groups is 1. The maximum absolute atomic E-state index is 12.6. The number of benzene rings is 2. The molecule has 1 N–H and O–H groups in total. The van der Waals surface area contributed by atoms with Crippen LogP contribution in [0.5, 0.6) is 17.2 Å². The molecule has 178 valence electrons. The molecule has 0 spiro atoms. The van der Waals surface area contributed by atoms with Crippen LogP contribution in [0.4, 0.5) is 11.4 Å². The molecule has 0 aliphatic carbocycles. The van der Waals surface area contributed by atoms with Gasteiger partial charge in [-0.2, -0.15) is 0 Å². The summed E-state index contributed by atoms with van der Waals surface area (Å²) >= 11 is 1.05. The Labute approximate surface area is 199 Å². The molecule has 34 heavy (non-hydrogen) atoms. The Bertz CT molecular complexity index is 1200. The van der Waals surface area contributed by atoms with Crippen molar-refractivity contribution in [3.05, 3.63) is 68.3 Å². The van der Waals surface area contributed by atoms with Gasteiger partial charge in [-0.15, -0.1) is 0 Å². The van der Waals surface area contributed by atoms with Crippen LogP contribution in [0.2, 0.25) is 0 Å². The topological polar surface area (TPSA) is 130 Å². The van der Waals surface area contributed by atoms with E-state index in [1.165, 1.54) is 45.6 Å². The van der Waals surface area contributed by atoms with Crippen molar-refractivity contribution in [1.82, 2.24) is 0 Å². The van der Waals surface area contributed by atoms with E-state index in [-0.39, 0.29) is 28.7 Å². The lowest BCUT2D eigenvalue weighted by Crippen LogP contribution is -2.12. The first-order valence-electron chi connectivity index (χ1n) is 9.96. The molecule has 11 heteroatoms. The van der Waals surface area contributed by atoms with Gasteiger partial charge in [-0.1, -0.05) is 11.8 Å². The summed E-state index contributed by atoms with van der Waals surface area (Å²) in [6.07, 6.45) is 1.62. The normalized spacial score (nSPS) is 15.5. The zero-order valence-corrected chi connectivity index (χ0v) is 19.7. The molecule has 1 aliphatic heterocycles. The van der Waals surface area contributed by atoms with Crippen LogP contribution < -0.4 is 14.2 Å². The number of thioether (sulfide) groups is 1. The van der Waals surface area contributed by atoms with Crippen LogP contribution in [0.15, 0.2) is 57.6 Å². The summed E-state index contributed by atoms with van der Waals surface area (Å²) in [5.41, 5.74) is 0.741. The van der Waals surface area contributed by atoms with E-state index < -0.39 is 10.9 Å². The predicted molar refractivity (Wildman–Crippen MR) is 128 cm³/mol. The standard InChI is InChI=1S/C23H22N2O8S/c1-5-33-23(27)20-21(26)19(11-13-10-17(31-3)18(32-4)12-16(13)30-2)34-22(20)24-14-6-8-15(9-7-14)25(28)29/h6-12,26H,5H2,1-4H3. The fraction of sp³-hybridized carbons (Fsp3) is 0.217. The third-order valence-corrected chi connectivity index (χ3v) is 5.70. The van der Waals surface area contributed by atoms with E-state index in [0.29, 0.717) is 33.4 Å². The first-order chi connectivity index (χ1) is 16.3. The summed E-state index contributed by atoms with van der Waals surface area (Å²) in [5.74, 6) is 0.328. The van der Waals surface area contributed by atoms with Crippen molar-refractivity contribution in [3.8, 4) is 17.2 Å². The Morgan fingerprint density at radius 1 is 1.09 bits per heavy atom. The second-order valence-corrected chi connectivity index (χ2v) is 7.72. The predicted octanol–water partition coefficient (Wildman–Crippen LogP) is 4.81. The number of hydrogen-bond donors (Lipinski definition) is 1. The number of carbonyl (C=O) groups excluding carboxylic acids is 1. The number of hydrogen-bond acceptors (Lipinski definition) is 10. The molecule has 0 aromatic heterocycles. The smallest absolute Gasteiger partial charge is 0.344 e. The molecule has 1 heterocycles. The van der Waals surface area contributed by atoms with Crippen LogP contribution in [-0.2, 0) is 9.53 Å². The average Bonchev–Trinajstić information content (AvgIpc) is 3.13. The maximum Gasteiger partial charge on any atom is 0.344 e. The highest BCUT2D eigenvalue weighted by molar-refractivity contribution is 8.18. The van der Waals surface area contributed by atoms with Crippen LogP contribution in [0.3, 0.4) is 0 Å². The lowest BCUT2D eigenvalue weighted by molar-refractivity contribution is -0.384. The Hall–Kier alpha value is -3.99. The summed E-state index contributed by atoms with van der Waals surface area (Å²) in [6, 6.07) is 8.82. The Balaban J connectivity index is 2.09. The van der Waals surface area contributed by atoms with Crippen molar-refractivity contribution in [3.63, 3.8) is 0 Å². The Morgan fingerprint density at radius 2 is 1.71 bits per heavy atom. The molecule has 0 radical (unpaired) electrons. The quantitative estimate of drug-likeness (QED) is 0.317. The van der Waals surface area contributed by atoms with Crippen molar-refractivity contribution in [2.24, 2.45) is 4.99 Å². The summed E-state index contributed by atoms with van der Waals surface area (Å²) in [7, 11) is 4.49. The average molecular weight is 487 g/mol. The first kappa shape index (κ1) is 24.6. The molecule has 0 atom stereocenters. The number of carbonyl (C=O) groups is 1. The number of aliphatic hydroxyl groups excluding tert-OH is 1. The van der Waals surface area contributed by atoms with Gasteiger partial charge in [0.1, 0.15) is 22.1 Å². The molecule has 0 unspecified atom stereocenters. The molecule has 2 aromatic rings. The molecule has 0 amide bonds. The molecule has 0 bridgehead atoms. The van der Waals surface area contributed by atoms with E-state index >= 15 is 0 Å². The van der Waals surface area contributed by atoms with Crippen molar-refractivity contribution in [2.75, 3.05) is 27.9 Å². The minimum atomic E-state index is -0.740. The fourth-order valence-corrected chi connectivity index (χ4v) is 4.09. The molecular weight excluding hydrogens is 464 g/mol.